The summed E-state index contributed by atoms with van der Waals surface area (Å²) in [4.78, 5) is 0. The van der Waals surface area contributed by atoms with Gasteiger partial charge >= 0.3 is 0 Å². The van der Waals surface area contributed by atoms with Gasteiger partial charge in [0, 0.05) is 23.2 Å². The molecule has 1 aromatic rings. The number of benzene rings is 1. The highest BCUT2D eigenvalue weighted by Crippen LogP contribution is 2.31. The Morgan fingerprint density at radius 3 is 2.76 bits per heavy atom. The molecule has 0 bridgehead atoms. The third-order valence-electron chi connectivity index (χ3n) is 4.03. The molecule has 0 spiro atoms. The molecule has 0 heterocycles. The van der Waals surface area contributed by atoms with E-state index in [0.717, 1.165) is 5.92 Å². The van der Waals surface area contributed by atoms with Crippen LogP contribution in [-0.2, 0) is 6.54 Å². The van der Waals surface area contributed by atoms with Crippen LogP contribution in [0.15, 0.2) is 18.2 Å². The monoisotopic (exact) mass is 255 g/mol. The van der Waals surface area contributed by atoms with Crippen molar-refractivity contribution < 1.29 is 4.39 Å². The van der Waals surface area contributed by atoms with Crippen molar-refractivity contribution in [3.8, 4) is 0 Å². The predicted octanol–water partition coefficient (Wildman–Crippen LogP) is 4.00. The van der Waals surface area contributed by atoms with E-state index in [-0.39, 0.29) is 5.82 Å². The van der Waals surface area contributed by atoms with Crippen LogP contribution in [0.1, 0.15) is 32.3 Å². The SMILES string of the molecule is CC1CCC(NCc2cc(Cl)ccc2F)C1C. The molecule has 0 aromatic heterocycles. The maximum atomic E-state index is 13.5. The highest BCUT2D eigenvalue weighted by molar-refractivity contribution is 6.30. The lowest BCUT2D eigenvalue weighted by Crippen LogP contribution is -2.32. The summed E-state index contributed by atoms with van der Waals surface area (Å²) in [6, 6.07) is 5.22. The van der Waals surface area contributed by atoms with E-state index in [2.05, 4.69) is 19.2 Å². The standard InChI is InChI=1S/C14H19ClFN/c1-9-3-6-14(10(9)2)17-8-11-7-12(15)4-5-13(11)16/h4-5,7,9-10,14,17H,3,6,8H2,1-2H3. The first kappa shape index (κ1) is 12.8. The summed E-state index contributed by atoms with van der Waals surface area (Å²) in [5.41, 5.74) is 0.657. The van der Waals surface area contributed by atoms with Crippen molar-refractivity contribution in [2.24, 2.45) is 11.8 Å². The summed E-state index contributed by atoms with van der Waals surface area (Å²) < 4.78 is 13.5. The molecule has 94 valence electrons. The van der Waals surface area contributed by atoms with E-state index >= 15 is 0 Å². The molecule has 1 aromatic carbocycles. The van der Waals surface area contributed by atoms with Crippen LogP contribution in [0.3, 0.4) is 0 Å². The smallest absolute Gasteiger partial charge is 0.127 e. The van der Waals surface area contributed by atoms with Crippen molar-refractivity contribution in [1.82, 2.24) is 5.32 Å². The highest BCUT2D eigenvalue weighted by atomic mass is 35.5. The molecule has 1 N–H and O–H groups in total. The van der Waals surface area contributed by atoms with Crippen molar-refractivity contribution >= 4 is 11.6 Å². The molecular formula is C14H19ClFN. The van der Waals surface area contributed by atoms with E-state index in [1.807, 2.05) is 0 Å². The van der Waals surface area contributed by atoms with E-state index in [9.17, 15) is 4.39 Å². The first-order valence-corrected chi connectivity index (χ1v) is 6.63. The molecule has 0 saturated heterocycles. The van der Waals surface area contributed by atoms with Gasteiger partial charge in [0.1, 0.15) is 5.82 Å². The van der Waals surface area contributed by atoms with Crippen molar-refractivity contribution in [3.63, 3.8) is 0 Å². The van der Waals surface area contributed by atoms with Crippen LogP contribution < -0.4 is 5.32 Å². The van der Waals surface area contributed by atoms with E-state index < -0.39 is 0 Å². The second kappa shape index (κ2) is 5.36. The summed E-state index contributed by atoms with van der Waals surface area (Å²) in [5.74, 6) is 1.24. The highest BCUT2D eigenvalue weighted by Gasteiger charge is 2.29. The zero-order chi connectivity index (χ0) is 12.4. The van der Waals surface area contributed by atoms with Crippen LogP contribution in [0.2, 0.25) is 5.02 Å². The molecule has 0 radical (unpaired) electrons. The van der Waals surface area contributed by atoms with E-state index in [4.69, 9.17) is 11.6 Å². The Hall–Kier alpha value is -0.600. The van der Waals surface area contributed by atoms with Crippen LogP contribution in [-0.4, -0.2) is 6.04 Å². The third-order valence-corrected chi connectivity index (χ3v) is 4.26. The second-order valence-electron chi connectivity index (χ2n) is 5.14. The van der Waals surface area contributed by atoms with Crippen LogP contribution in [0.4, 0.5) is 4.39 Å². The molecule has 1 saturated carbocycles. The Balaban J connectivity index is 1.96. The normalized spacial score (nSPS) is 28.6. The Bertz CT molecular complexity index is 394. The Morgan fingerprint density at radius 2 is 2.12 bits per heavy atom. The molecule has 3 atom stereocenters. The van der Waals surface area contributed by atoms with E-state index in [1.165, 1.54) is 18.9 Å². The Labute approximate surface area is 107 Å². The molecule has 17 heavy (non-hydrogen) atoms. The topological polar surface area (TPSA) is 12.0 Å². The van der Waals surface area contributed by atoms with Gasteiger partial charge in [-0.25, -0.2) is 4.39 Å². The van der Waals surface area contributed by atoms with Gasteiger partial charge in [-0.1, -0.05) is 25.4 Å². The Kier molecular flexibility index (Phi) is 4.05. The molecule has 1 aliphatic rings. The van der Waals surface area contributed by atoms with E-state index in [0.29, 0.717) is 29.1 Å². The van der Waals surface area contributed by atoms with Crippen molar-refractivity contribution in [2.45, 2.75) is 39.3 Å². The minimum atomic E-state index is -0.180. The van der Waals surface area contributed by atoms with Crippen molar-refractivity contribution in [2.75, 3.05) is 0 Å². The fourth-order valence-electron chi connectivity index (χ4n) is 2.57. The lowest BCUT2D eigenvalue weighted by atomic mass is 9.97. The summed E-state index contributed by atoms with van der Waals surface area (Å²) in [6.07, 6.45) is 2.45. The van der Waals surface area contributed by atoms with Gasteiger partial charge < -0.3 is 5.32 Å². The molecule has 1 aliphatic carbocycles. The molecule has 3 heteroatoms. The average molecular weight is 256 g/mol. The second-order valence-corrected chi connectivity index (χ2v) is 5.57. The molecule has 0 aliphatic heterocycles. The first-order chi connectivity index (χ1) is 8.08. The predicted molar refractivity (Wildman–Crippen MR) is 69.6 cm³/mol. The lowest BCUT2D eigenvalue weighted by molar-refractivity contribution is 0.368. The van der Waals surface area contributed by atoms with Gasteiger partial charge in [-0.2, -0.15) is 0 Å². The molecule has 1 nitrogen and oxygen atoms in total. The van der Waals surface area contributed by atoms with Gasteiger partial charge in [0.15, 0.2) is 0 Å². The fraction of sp³-hybridized carbons (Fsp3) is 0.571. The minimum Gasteiger partial charge on any atom is -0.310 e. The average Bonchev–Trinajstić information content (AvgIpc) is 2.62. The Morgan fingerprint density at radius 1 is 1.35 bits per heavy atom. The van der Waals surface area contributed by atoms with Gasteiger partial charge in [0.05, 0.1) is 0 Å². The van der Waals surface area contributed by atoms with Gasteiger partial charge in [-0.15, -0.1) is 0 Å². The third kappa shape index (κ3) is 2.99. The molecule has 2 rings (SSSR count). The molecular weight excluding hydrogens is 237 g/mol. The number of halogens is 2. The number of hydrogen-bond acceptors (Lipinski definition) is 1. The quantitative estimate of drug-likeness (QED) is 0.861. The van der Waals surface area contributed by atoms with Gasteiger partial charge in [0.25, 0.3) is 0 Å². The van der Waals surface area contributed by atoms with E-state index in [1.54, 1.807) is 12.1 Å². The fourth-order valence-corrected chi connectivity index (χ4v) is 2.77. The largest absolute Gasteiger partial charge is 0.310 e. The van der Waals surface area contributed by atoms with Crippen LogP contribution in [0.25, 0.3) is 0 Å². The van der Waals surface area contributed by atoms with Gasteiger partial charge in [0.2, 0.25) is 0 Å². The van der Waals surface area contributed by atoms with Crippen molar-refractivity contribution in [3.05, 3.63) is 34.6 Å². The van der Waals surface area contributed by atoms with Crippen LogP contribution >= 0.6 is 11.6 Å². The maximum Gasteiger partial charge on any atom is 0.127 e. The van der Waals surface area contributed by atoms with Gasteiger partial charge in [-0.3, -0.25) is 0 Å². The van der Waals surface area contributed by atoms with Crippen LogP contribution in [0, 0.1) is 17.7 Å². The summed E-state index contributed by atoms with van der Waals surface area (Å²) in [5, 5.41) is 4.04. The maximum absolute atomic E-state index is 13.5. The number of rotatable bonds is 3. The zero-order valence-electron chi connectivity index (χ0n) is 10.3. The molecule has 1 fully saturated rings. The minimum absolute atomic E-state index is 0.180. The van der Waals surface area contributed by atoms with Crippen molar-refractivity contribution in [1.29, 1.82) is 0 Å². The number of nitrogens with one attached hydrogen (secondary N) is 1. The summed E-state index contributed by atoms with van der Waals surface area (Å²) in [7, 11) is 0. The summed E-state index contributed by atoms with van der Waals surface area (Å²) in [6.45, 7) is 5.12. The first-order valence-electron chi connectivity index (χ1n) is 6.25. The van der Waals surface area contributed by atoms with Gasteiger partial charge in [-0.05, 0) is 42.9 Å². The zero-order valence-corrected chi connectivity index (χ0v) is 11.1. The lowest BCUT2D eigenvalue weighted by Gasteiger charge is -2.20. The number of hydrogen-bond donors (Lipinski definition) is 1. The summed E-state index contributed by atoms with van der Waals surface area (Å²) >= 11 is 5.87. The van der Waals surface area contributed by atoms with Crippen LogP contribution in [0.5, 0.6) is 0 Å². The molecule has 3 unspecified atom stereocenters. The molecule has 0 amide bonds.